The van der Waals surface area contributed by atoms with E-state index in [0.717, 1.165) is 30.5 Å². The van der Waals surface area contributed by atoms with Gasteiger partial charge in [0.05, 0.1) is 15.5 Å². The second-order valence-electron chi connectivity index (χ2n) is 9.74. The largest absolute Gasteiger partial charge is 0.573 e. The molecule has 1 aromatic heterocycles. The molecule has 2 amide bonds. The van der Waals surface area contributed by atoms with Crippen LogP contribution in [0.2, 0.25) is 16.6 Å². The van der Waals surface area contributed by atoms with Gasteiger partial charge in [-0.15, -0.1) is 13.2 Å². The molecule has 2 rings (SSSR count). The molecule has 15 heteroatoms. The number of halogens is 3. The molecule has 0 atom stereocenters. The molecule has 0 radical (unpaired) electrons. The minimum atomic E-state index is -5.01. The highest BCUT2D eigenvalue weighted by atomic mass is 32.2. The molecule has 0 spiro atoms. The van der Waals surface area contributed by atoms with Crippen molar-refractivity contribution in [1.82, 2.24) is 15.8 Å². The van der Waals surface area contributed by atoms with Crippen LogP contribution in [-0.4, -0.2) is 46.5 Å². The second kappa shape index (κ2) is 12.3. The van der Waals surface area contributed by atoms with E-state index >= 15 is 0 Å². The monoisotopic (exact) mass is 590 g/mol. The van der Waals surface area contributed by atoms with Gasteiger partial charge in [-0.3, -0.25) is 20.4 Å². The maximum atomic E-state index is 12.9. The molecule has 1 aromatic carbocycles. The molecule has 1 heterocycles. The molecular weight excluding hydrogens is 557 g/mol. The molecule has 0 saturated carbocycles. The number of sulfone groups is 1. The minimum absolute atomic E-state index is 0.248. The van der Waals surface area contributed by atoms with Gasteiger partial charge in [0.2, 0.25) is 18.2 Å². The number of aromatic nitrogens is 1. The number of rotatable bonds is 10. The Hall–Kier alpha value is -3.17. The summed E-state index contributed by atoms with van der Waals surface area (Å²) in [6.45, 7) is 12.1. The van der Waals surface area contributed by atoms with Crippen molar-refractivity contribution < 1.29 is 40.3 Å². The molecule has 0 unspecified atom stereocenters. The Morgan fingerprint density at radius 2 is 1.59 bits per heavy atom. The summed E-state index contributed by atoms with van der Waals surface area (Å²) in [4.78, 5) is 27.7. The van der Waals surface area contributed by atoms with Crippen LogP contribution in [0.25, 0.3) is 0 Å². The Bertz CT molecular complexity index is 1280. The molecule has 0 fully saturated rings. The number of benzene rings is 1. The third-order valence-corrected chi connectivity index (χ3v) is 14.0. The molecule has 2 aromatic rings. The lowest BCUT2D eigenvalue weighted by molar-refractivity contribution is -0.274. The van der Waals surface area contributed by atoms with Crippen LogP contribution < -0.4 is 21.3 Å². The molecule has 216 valence electrons. The summed E-state index contributed by atoms with van der Waals surface area (Å²) >= 11 is 0. The van der Waals surface area contributed by atoms with Crippen molar-refractivity contribution in [3.8, 4) is 5.75 Å². The third-order valence-electron chi connectivity index (χ3n) is 6.24. The fourth-order valence-electron chi connectivity index (χ4n) is 4.69. The number of nitrogen functional groups attached to an aromatic ring is 1. The van der Waals surface area contributed by atoms with Crippen molar-refractivity contribution in [3.63, 3.8) is 0 Å². The van der Waals surface area contributed by atoms with Crippen molar-refractivity contribution in [1.29, 1.82) is 0 Å². The van der Waals surface area contributed by atoms with Crippen molar-refractivity contribution in [2.75, 3.05) is 12.3 Å². The van der Waals surface area contributed by atoms with E-state index in [2.05, 4.69) is 62.1 Å². The smallest absolute Gasteiger partial charge is 0.407 e. The molecule has 0 aliphatic rings. The van der Waals surface area contributed by atoms with Gasteiger partial charge in [-0.2, -0.15) is 0 Å². The number of nitrogens with zero attached hydrogens (tertiary/aromatic N) is 1. The summed E-state index contributed by atoms with van der Waals surface area (Å²) in [6.07, 6.45) is -4.18. The summed E-state index contributed by atoms with van der Waals surface area (Å²) in [7, 11) is -6.67. The predicted molar refractivity (Wildman–Crippen MR) is 140 cm³/mol. The maximum absolute atomic E-state index is 12.9. The zero-order valence-electron chi connectivity index (χ0n) is 22.4. The zero-order valence-corrected chi connectivity index (χ0v) is 24.2. The van der Waals surface area contributed by atoms with Crippen LogP contribution in [0.15, 0.2) is 46.3 Å². The quantitative estimate of drug-likeness (QED) is 0.273. The average Bonchev–Trinajstić information content (AvgIpc) is 2.81. The Labute approximate surface area is 226 Å². The van der Waals surface area contributed by atoms with Crippen LogP contribution in [0.1, 0.15) is 52.0 Å². The van der Waals surface area contributed by atoms with Gasteiger partial charge in [0, 0.05) is 6.20 Å². The molecule has 10 nitrogen and oxygen atoms in total. The predicted octanol–water partition coefficient (Wildman–Crippen LogP) is 4.35. The van der Waals surface area contributed by atoms with Crippen LogP contribution in [-0.2, 0) is 19.1 Å². The third kappa shape index (κ3) is 7.70. The number of carbonyl (C=O) groups excluding carboxylic acids is 2. The van der Waals surface area contributed by atoms with E-state index in [1.54, 1.807) is 0 Å². The highest BCUT2D eigenvalue weighted by molar-refractivity contribution is 7.91. The topological polar surface area (TPSA) is 150 Å². The maximum Gasteiger partial charge on any atom is 0.573 e. The van der Waals surface area contributed by atoms with Gasteiger partial charge in [-0.25, -0.2) is 13.4 Å². The van der Waals surface area contributed by atoms with Crippen LogP contribution >= 0.6 is 0 Å². The van der Waals surface area contributed by atoms with E-state index < -0.39 is 51.9 Å². The van der Waals surface area contributed by atoms with Crippen molar-refractivity contribution >= 4 is 35.7 Å². The fraction of sp³-hybridized carbons (Fsp3) is 0.458. The molecule has 39 heavy (non-hydrogen) atoms. The first-order valence-corrected chi connectivity index (χ1v) is 15.6. The highest BCUT2D eigenvalue weighted by Gasteiger charge is 2.45. The number of alkyl halides is 3. The fourth-order valence-corrected chi connectivity index (χ4v) is 11.3. The number of anilines is 1. The van der Waals surface area contributed by atoms with Crippen molar-refractivity contribution in [3.05, 3.63) is 42.2 Å². The number of amides is 2. The SMILES string of the molecule is CC(C)[Si](OCC(=O)NNC(=O)c1ncc(S(=O)(=O)c2cccc(OC(F)(F)F)c2)cc1N)(C(C)C)C(C)C. The standard InChI is InChI=1S/C24H33F3N4O6SSi/c1-14(2)39(15(3)4,16(5)6)36-13-21(32)30-31-23(33)22-20(28)11-19(12-29-22)38(34,35)18-9-7-8-17(10-18)37-24(25,26)27/h7-12,14-16H,13,28H2,1-6H3,(H,30,32)(H,31,33). The first-order valence-electron chi connectivity index (χ1n) is 12.0. The molecule has 0 aliphatic heterocycles. The molecule has 4 N–H and O–H groups in total. The Morgan fingerprint density at radius 3 is 2.10 bits per heavy atom. The van der Waals surface area contributed by atoms with E-state index in [4.69, 9.17) is 10.2 Å². The summed E-state index contributed by atoms with van der Waals surface area (Å²) < 4.78 is 73.2. The van der Waals surface area contributed by atoms with E-state index in [-0.39, 0.29) is 34.6 Å². The van der Waals surface area contributed by atoms with E-state index in [9.17, 15) is 31.2 Å². The van der Waals surface area contributed by atoms with Gasteiger partial charge in [-0.05, 0) is 40.9 Å². The van der Waals surface area contributed by atoms with Gasteiger partial charge in [0.1, 0.15) is 12.4 Å². The summed E-state index contributed by atoms with van der Waals surface area (Å²) in [6, 6.07) is 4.74. The lowest BCUT2D eigenvalue weighted by Crippen LogP contribution is -2.51. The van der Waals surface area contributed by atoms with Gasteiger partial charge in [-0.1, -0.05) is 47.6 Å². The van der Waals surface area contributed by atoms with Gasteiger partial charge < -0.3 is 14.9 Å². The number of hydrogen-bond acceptors (Lipinski definition) is 8. The number of ether oxygens (including phenoxy) is 1. The van der Waals surface area contributed by atoms with E-state index in [0.29, 0.717) is 6.07 Å². The molecule has 0 bridgehead atoms. The molecular formula is C24H33F3N4O6SSi. The lowest BCUT2D eigenvalue weighted by Gasteiger charge is -2.41. The number of hydrazine groups is 1. The first-order chi connectivity index (χ1) is 17.9. The zero-order chi connectivity index (χ0) is 29.8. The summed E-state index contributed by atoms with van der Waals surface area (Å²) in [5.41, 5.74) is 10.3. The number of pyridine rings is 1. The Kier molecular flexibility index (Phi) is 10.1. The van der Waals surface area contributed by atoms with Crippen LogP contribution in [0.4, 0.5) is 18.9 Å². The van der Waals surface area contributed by atoms with E-state index in [1.165, 1.54) is 0 Å². The Balaban J connectivity index is 2.12. The second-order valence-corrected chi connectivity index (χ2v) is 17.2. The highest BCUT2D eigenvalue weighted by Crippen LogP contribution is 2.42. The number of carbonyl (C=O) groups is 2. The van der Waals surface area contributed by atoms with Gasteiger partial charge in [0.15, 0.2) is 5.69 Å². The Morgan fingerprint density at radius 1 is 1.00 bits per heavy atom. The van der Waals surface area contributed by atoms with Crippen molar-refractivity contribution in [2.45, 2.75) is 74.3 Å². The first kappa shape index (κ1) is 32.0. The molecule has 0 saturated heterocycles. The number of nitrogens with two attached hydrogens (primary N) is 1. The van der Waals surface area contributed by atoms with Crippen molar-refractivity contribution in [2.24, 2.45) is 0 Å². The van der Waals surface area contributed by atoms with Crippen LogP contribution in [0.3, 0.4) is 0 Å². The van der Waals surface area contributed by atoms with Crippen LogP contribution in [0.5, 0.6) is 5.75 Å². The van der Waals surface area contributed by atoms with Crippen LogP contribution in [0, 0.1) is 0 Å². The number of hydrogen-bond donors (Lipinski definition) is 3. The van der Waals surface area contributed by atoms with Gasteiger partial charge >= 0.3 is 6.36 Å². The lowest BCUT2D eigenvalue weighted by atomic mass is 10.3. The van der Waals surface area contributed by atoms with E-state index in [1.807, 2.05) is 0 Å². The average molecular weight is 591 g/mol. The van der Waals surface area contributed by atoms with Gasteiger partial charge in [0.25, 0.3) is 11.8 Å². The summed E-state index contributed by atoms with van der Waals surface area (Å²) in [5.74, 6) is -2.23. The normalized spacial score (nSPS) is 12.6. The number of nitrogens with one attached hydrogen (secondary N) is 2. The molecule has 0 aliphatic carbocycles. The minimum Gasteiger partial charge on any atom is -0.407 e. The summed E-state index contributed by atoms with van der Waals surface area (Å²) in [5, 5.41) is 0.